The van der Waals surface area contributed by atoms with E-state index >= 15 is 0 Å². The molecular formula is C21H26ClN3O. The maximum Gasteiger partial charge on any atom is 0.130 e. The summed E-state index contributed by atoms with van der Waals surface area (Å²) in [4.78, 5) is 6.94. The quantitative estimate of drug-likeness (QED) is 0.862. The molecule has 1 aromatic carbocycles. The molecule has 3 heterocycles. The predicted octanol–water partition coefficient (Wildman–Crippen LogP) is 4.44. The lowest BCUT2D eigenvalue weighted by atomic mass is 10.0. The Morgan fingerprint density at radius 1 is 1.15 bits per heavy atom. The maximum absolute atomic E-state index is 6.46. The lowest BCUT2D eigenvalue weighted by Crippen LogP contribution is -2.34. The van der Waals surface area contributed by atoms with Crippen LogP contribution in [0.15, 0.2) is 30.5 Å². The van der Waals surface area contributed by atoms with E-state index in [1.54, 1.807) is 0 Å². The van der Waals surface area contributed by atoms with Crippen molar-refractivity contribution in [1.29, 1.82) is 0 Å². The van der Waals surface area contributed by atoms with Crippen LogP contribution in [-0.4, -0.2) is 37.3 Å². The molecular weight excluding hydrogens is 346 g/mol. The summed E-state index contributed by atoms with van der Waals surface area (Å²) in [5, 5.41) is 4.14. The van der Waals surface area contributed by atoms with E-state index < -0.39 is 0 Å². The summed E-state index contributed by atoms with van der Waals surface area (Å²) in [5.74, 6) is 2.00. The van der Waals surface area contributed by atoms with Crippen LogP contribution < -0.4 is 15.0 Å². The number of benzene rings is 1. The third-order valence-electron chi connectivity index (χ3n) is 5.30. The molecule has 1 N–H and O–H groups in total. The van der Waals surface area contributed by atoms with E-state index in [2.05, 4.69) is 34.3 Å². The van der Waals surface area contributed by atoms with E-state index in [0.29, 0.717) is 0 Å². The molecule has 2 fully saturated rings. The number of halogens is 1. The van der Waals surface area contributed by atoms with Crippen molar-refractivity contribution in [2.45, 2.75) is 38.7 Å². The fourth-order valence-electron chi connectivity index (χ4n) is 3.89. The van der Waals surface area contributed by atoms with Gasteiger partial charge in [-0.3, -0.25) is 0 Å². The van der Waals surface area contributed by atoms with Crippen molar-refractivity contribution in [2.24, 2.45) is 0 Å². The fourth-order valence-corrected chi connectivity index (χ4v) is 4.16. The number of hydrogen-bond acceptors (Lipinski definition) is 4. The summed E-state index contributed by atoms with van der Waals surface area (Å²) in [6.45, 7) is 6.28. The number of aryl methyl sites for hydroxylation is 1. The van der Waals surface area contributed by atoms with Crippen molar-refractivity contribution >= 4 is 17.4 Å². The first-order valence-corrected chi connectivity index (χ1v) is 9.97. The van der Waals surface area contributed by atoms with Gasteiger partial charge in [-0.2, -0.15) is 0 Å². The molecule has 4 nitrogen and oxygen atoms in total. The average Bonchev–Trinajstić information content (AvgIpc) is 3.19. The molecule has 5 heteroatoms. The Morgan fingerprint density at radius 3 is 2.69 bits per heavy atom. The summed E-state index contributed by atoms with van der Waals surface area (Å²) >= 11 is 6.39. The van der Waals surface area contributed by atoms with E-state index in [9.17, 15) is 0 Å². The molecule has 2 aromatic rings. The molecule has 0 atom stereocenters. The number of hydrogen-bond donors (Lipinski definition) is 1. The van der Waals surface area contributed by atoms with Gasteiger partial charge in [-0.05, 0) is 81.1 Å². The minimum Gasteiger partial charge on any atom is -0.489 e. The van der Waals surface area contributed by atoms with E-state index in [1.807, 2.05) is 18.3 Å². The zero-order valence-electron chi connectivity index (χ0n) is 15.3. The van der Waals surface area contributed by atoms with Crippen molar-refractivity contribution in [1.82, 2.24) is 10.3 Å². The molecule has 0 amide bonds. The van der Waals surface area contributed by atoms with Crippen LogP contribution in [0.25, 0.3) is 11.1 Å². The number of rotatable bonds is 4. The molecule has 2 aliphatic rings. The van der Waals surface area contributed by atoms with Crippen LogP contribution in [0.4, 0.5) is 5.82 Å². The van der Waals surface area contributed by atoms with Crippen LogP contribution in [0.2, 0.25) is 5.02 Å². The Hall–Kier alpha value is -1.78. The number of ether oxygens (including phenoxy) is 1. The predicted molar refractivity (Wildman–Crippen MR) is 107 cm³/mol. The number of pyridine rings is 1. The first-order valence-electron chi connectivity index (χ1n) is 9.59. The molecule has 0 spiro atoms. The zero-order chi connectivity index (χ0) is 17.9. The van der Waals surface area contributed by atoms with Crippen LogP contribution >= 0.6 is 11.6 Å². The maximum atomic E-state index is 6.46. The van der Waals surface area contributed by atoms with Crippen LogP contribution in [-0.2, 0) is 0 Å². The standard InChI is InChI=1S/C21H26ClN3O/c1-15-12-17(22)14-19(21(15)26-18-5-7-23-8-6-18)16-4-9-24-20(13-16)25-10-2-3-11-25/h4,9,12-14,18,23H,2-3,5-8,10-11H2,1H3. The summed E-state index contributed by atoms with van der Waals surface area (Å²) in [6, 6.07) is 8.24. The second kappa shape index (κ2) is 7.85. The Kier molecular flexibility index (Phi) is 5.32. The minimum atomic E-state index is 0.259. The van der Waals surface area contributed by atoms with E-state index in [1.165, 1.54) is 12.8 Å². The monoisotopic (exact) mass is 371 g/mol. The van der Waals surface area contributed by atoms with Crippen LogP contribution in [0, 0.1) is 6.92 Å². The Labute approximate surface area is 160 Å². The van der Waals surface area contributed by atoms with Crippen molar-refractivity contribution < 1.29 is 4.74 Å². The SMILES string of the molecule is Cc1cc(Cl)cc(-c2ccnc(N3CCCC3)c2)c1OC1CCNCC1. The summed E-state index contributed by atoms with van der Waals surface area (Å²) < 4.78 is 6.46. The van der Waals surface area contributed by atoms with Gasteiger partial charge in [0.2, 0.25) is 0 Å². The topological polar surface area (TPSA) is 37.4 Å². The van der Waals surface area contributed by atoms with Gasteiger partial charge in [0, 0.05) is 29.9 Å². The molecule has 1 aromatic heterocycles. The molecule has 0 saturated carbocycles. The molecule has 138 valence electrons. The van der Waals surface area contributed by atoms with Gasteiger partial charge < -0.3 is 15.0 Å². The molecule has 2 aliphatic heterocycles. The number of aromatic nitrogens is 1. The number of anilines is 1. The van der Waals surface area contributed by atoms with Crippen LogP contribution in [0.1, 0.15) is 31.2 Å². The minimum absolute atomic E-state index is 0.259. The molecule has 0 bridgehead atoms. The van der Waals surface area contributed by atoms with E-state index in [-0.39, 0.29) is 6.10 Å². The highest BCUT2D eigenvalue weighted by molar-refractivity contribution is 6.31. The smallest absolute Gasteiger partial charge is 0.130 e. The number of nitrogens with one attached hydrogen (secondary N) is 1. The van der Waals surface area contributed by atoms with Gasteiger partial charge in [0.1, 0.15) is 17.7 Å². The van der Waals surface area contributed by atoms with Crippen LogP contribution in [0.5, 0.6) is 5.75 Å². The third-order valence-corrected chi connectivity index (χ3v) is 5.51. The summed E-state index contributed by atoms with van der Waals surface area (Å²) in [7, 11) is 0. The van der Waals surface area contributed by atoms with Gasteiger partial charge in [0.15, 0.2) is 0 Å². The normalized spacial score (nSPS) is 18.3. The molecule has 0 unspecified atom stereocenters. The summed E-state index contributed by atoms with van der Waals surface area (Å²) in [6.07, 6.45) is 6.72. The molecule has 2 saturated heterocycles. The van der Waals surface area contributed by atoms with Gasteiger partial charge in [0.05, 0.1) is 0 Å². The highest BCUT2D eigenvalue weighted by atomic mass is 35.5. The first-order chi connectivity index (χ1) is 12.7. The Morgan fingerprint density at radius 2 is 1.92 bits per heavy atom. The lowest BCUT2D eigenvalue weighted by Gasteiger charge is -2.26. The van der Waals surface area contributed by atoms with Crippen molar-refractivity contribution in [2.75, 3.05) is 31.1 Å². The number of nitrogens with zero attached hydrogens (tertiary/aromatic N) is 2. The van der Waals surface area contributed by atoms with E-state index in [0.717, 1.165) is 72.3 Å². The molecule has 0 radical (unpaired) electrons. The van der Waals surface area contributed by atoms with Gasteiger partial charge in [0.25, 0.3) is 0 Å². The average molecular weight is 372 g/mol. The first kappa shape index (κ1) is 17.6. The van der Waals surface area contributed by atoms with Gasteiger partial charge in [-0.25, -0.2) is 4.98 Å². The zero-order valence-corrected chi connectivity index (χ0v) is 16.1. The van der Waals surface area contributed by atoms with E-state index in [4.69, 9.17) is 16.3 Å². The van der Waals surface area contributed by atoms with Crippen molar-refractivity contribution in [3.63, 3.8) is 0 Å². The fraction of sp³-hybridized carbons (Fsp3) is 0.476. The molecule has 0 aliphatic carbocycles. The lowest BCUT2D eigenvalue weighted by molar-refractivity contribution is 0.162. The molecule has 4 rings (SSSR count). The van der Waals surface area contributed by atoms with Gasteiger partial charge in [-0.15, -0.1) is 0 Å². The second-order valence-electron chi connectivity index (χ2n) is 7.26. The second-order valence-corrected chi connectivity index (χ2v) is 7.70. The highest BCUT2D eigenvalue weighted by Crippen LogP contribution is 2.38. The summed E-state index contributed by atoms with van der Waals surface area (Å²) in [5.41, 5.74) is 3.28. The third kappa shape index (κ3) is 3.81. The van der Waals surface area contributed by atoms with Gasteiger partial charge in [-0.1, -0.05) is 11.6 Å². The molecule has 26 heavy (non-hydrogen) atoms. The Balaban J connectivity index is 1.69. The number of piperidine rings is 1. The Bertz CT molecular complexity index is 768. The van der Waals surface area contributed by atoms with Gasteiger partial charge >= 0.3 is 0 Å². The highest BCUT2D eigenvalue weighted by Gasteiger charge is 2.20. The van der Waals surface area contributed by atoms with Crippen molar-refractivity contribution in [3.8, 4) is 16.9 Å². The van der Waals surface area contributed by atoms with Crippen LogP contribution in [0.3, 0.4) is 0 Å². The largest absolute Gasteiger partial charge is 0.489 e. The van der Waals surface area contributed by atoms with Crippen molar-refractivity contribution in [3.05, 3.63) is 41.0 Å².